The van der Waals surface area contributed by atoms with Gasteiger partial charge in [0.2, 0.25) is 16.0 Å². The lowest BCUT2D eigenvalue weighted by Crippen LogP contribution is -2.32. The third kappa shape index (κ3) is 5.57. The van der Waals surface area contributed by atoms with Crippen LogP contribution in [0.5, 0.6) is 0 Å². The van der Waals surface area contributed by atoms with Gasteiger partial charge in [0, 0.05) is 13.1 Å². The van der Waals surface area contributed by atoms with Gasteiger partial charge in [0.15, 0.2) is 5.84 Å². The normalized spacial score (nSPS) is 16.1. The van der Waals surface area contributed by atoms with Gasteiger partial charge in [-0.05, 0) is 52.9 Å². The van der Waals surface area contributed by atoms with Gasteiger partial charge in [-0.25, -0.2) is 9.98 Å². The molecule has 3 aromatic carbocycles. The van der Waals surface area contributed by atoms with Gasteiger partial charge in [0.05, 0.1) is 37.3 Å². The standard InChI is InChI=1S/C29H28B2N6O/c1-3-26(27-32-16-18-36(27)30)34-24-12-8-22(9-13-24)20-4-6-21(7-5-20)23-10-14-25(15-11-23)35-29(38-2)28-33-17-19-37(28)31/h4-15H,3,16-19H2,1-2H3. The highest BCUT2D eigenvalue weighted by Crippen LogP contribution is 2.28. The molecule has 0 spiro atoms. The first kappa shape index (κ1) is 25.5. The van der Waals surface area contributed by atoms with Gasteiger partial charge in [-0.3, -0.25) is 9.98 Å². The lowest BCUT2D eigenvalue weighted by atomic mass is 10.00. The maximum absolute atomic E-state index is 6.02. The number of benzene rings is 3. The first-order valence-corrected chi connectivity index (χ1v) is 12.7. The van der Waals surface area contributed by atoms with Crippen molar-refractivity contribution in [1.29, 1.82) is 0 Å². The van der Waals surface area contributed by atoms with E-state index >= 15 is 0 Å². The molecule has 9 heteroatoms. The Morgan fingerprint density at radius 3 is 1.53 bits per heavy atom. The zero-order chi connectivity index (χ0) is 26.5. The van der Waals surface area contributed by atoms with Crippen LogP contribution in [0.15, 0.2) is 92.8 Å². The van der Waals surface area contributed by atoms with Crippen LogP contribution in [0.2, 0.25) is 0 Å². The maximum atomic E-state index is 6.02. The SMILES string of the molecule is [B]N1CCN=C1C(CC)=Nc1ccc(-c2ccc(-c3ccc(N=C(OC)C4=NCCN4[B])cc3)cc2)cc1. The van der Waals surface area contributed by atoms with Crippen LogP contribution in [0.3, 0.4) is 0 Å². The molecule has 0 aromatic heterocycles. The molecule has 7 nitrogen and oxygen atoms in total. The zero-order valence-corrected chi connectivity index (χ0v) is 21.7. The van der Waals surface area contributed by atoms with Crippen molar-refractivity contribution in [2.45, 2.75) is 13.3 Å². The van der Waals surface area contributed by atoms with Crippen molar-refractivity contribution in [3.8, 4) is 22.3 Å². The van der Waals surface area contributed by atoms with E-state index in [0.717, 1.165) is 64.7 Å². The number of hydrogen-bond acceptors (Lipinski definition) is 7. The van der Waals surface area contributed by atoms with Crippen molar-refractivity contribution < 1.29 is 4.74 Å². The largest absolute Gasteiger partial charge is 0.478 e. The highest BCUT2D eigenvalue weighted by Gasteiger charge is 2.19. The molecule has 0 saturated heterocycles. The fraction of sp³-hybridized carbons (Fsp3) is 0.241. The van der Waals surface area contributed by atoms with E-state index in [2.05, 4.69) is 58.3 Å². The molecule has 0 fully saturated rings. The third-order valence-corrected chi connectivity index (χ3v) is 6.51. The Balaban J connectivity index is 1.28. The van der Waals surface area contributed by atoms with E-state index in [1.807, 2.05) is 36.4 Å². The predicted octanol–water partition coefficient (Wildman–Crippen LogP) is 4.77. The van der Waals surface area contributed by atoms with Crippen LogP contribution in [0.4, 0.5) is 11.4 Å². The number of nitrogens with zero attached hydrogens (tertiary/aromatic N) is 6. The lowest BCUT2D eigenvalue weighted by Gasteiger charge is -2.15. The van der Waals surface area contributed by atoms with E-state index in [4.69, 9.17) is 25.7 Å². The van der Waals surface area contributed by atoms with Crippen molar-refractivity contribution in [2.24, 2.45) is 20.0 Å². The summed E-state index contributed by atoms with van der Waals surface area (Å²) in [6, 6.07) is 24.8. The molecule has 186 valence electrons. The van der Waals surface area contributed by atoms with Crippen LogP contribution in [0.1, 0.15) is 13.3 Å². The van der Waals surface area contributed by atoms with E-state index in [9.17, 15) is 0 Å². The maximum Gasteiger partial charge on any atom is 0.256 e. The Kier molecular flexibility index (Phi) is 7.73. The molecule has 0 aliphatic carbocycles. The first-order valence-electron chi connectivity index (χ1n) is 12.7. The summed E-state index contributed by atoms with van der Waals surface area (Å²) in [5.74, 6) is 1.78. The second-order valence-corrected chi connectivity index (χ2v) is 9.00. The second kappa shape index (κ2) is 11.5. The minimum absolute atomic E-state index is 0.415. The van der Waals surface area contributed by atoms with Crippen LogP contribution < -0.4 is 0 Å². The Labute approximate surface area is 226 Å². The molecule has 2 aliphatic heterocycles. The van der Waals surface area contributed by atoms with Crippen LogP contribution in [-0.4, -0.2) is 82.2 Å². The van der Waals surface area contributed by atoms with Gasteiger partial charge in [-0.2, -0.15) is 0 Å². The molecular weight excluding hydrogens is 470 g/mol. The lowest BCUT2D eigenvalue weighted by molar-refractivity contribution is 0.408. The molecule has 0 unspecified atom stereocenters. The number of amidine groups is 2. The van der Waals surface area contributed by atoms with Crippen LogP contribution in [-0.2, 0) is 4.74 Å². The Morgan fingerprint density at radius 2 is 1.13 bits per heavy atom. The van der Waals surface area contributed by atoms with Crippen molar-refractivity contribution in [1.82, 2.24) is 9.62 Å². The molecule has 3 aromatic rings. The summed E-state index contributed by atoms with van der Waals surface area (Å²) in [6.45, 7) is 4.83. The van der Waals surface area contributed by atoms with Crippen LogP contribution in [0, 0.1) is 0 Å². The van der Waals surface area contributed by atoms with Gasteiger partial charge in [-0.1, -0.05) is 55.5 Å². The van der Waals surface area contributed by atoms with Crippen molar-refractivity contribution in [3.05, 3.63) is 72.8 Å². The summed E-state index contributed by atoms with van der Waals surface area (Å²) in [6.07, 6.45) is 0.776. The third-order valence-electron chi connectivity index (χ3n) is 6.51. The molecule has 38 heavy (non-hydrogen) atoms. The monoisotopic (exact) mass is 498 g/mol. The highest BCUT2D eigenvalue weighted by molar-refractivity contribution is 6.46. The minimum atomic E-state index is 0.415. The summed E-state index contributed by atoms with van der Waals surface area (Å²) < 4.78 is 5.42. The summed E-state index contributed by atoms with van der Waals surface area (Å²) in [4.78, 5) is 21.4. The van der Waals surface area contributed by atoms with E-state index in [1.54, 1.807) is 16.7 Å². The second-order valence-electron chi connectivity index (χ2n) is 9.00. The molecular formula is C29H28B2N6O. The Morgan fingerprint density at radius 1 is 0.711 bits per heavy atom. The average Bonchev–Trinajstić information content (AvgIpc) is 3.59. The molecule has 0 atom stereocenters. The number of aliphatic imine (C=N–C) groups is 4. The van der Waals surface area contributed by atoms with Crippen LogP contribution in [0.25, 0.3) is 22.3 Å². The molecule has 5 rings (SSSR count). The molecule has 0 amide bonds. The smallest absolute Gasteiger partial charge is 0.256 e. The molecule has 4 radical (unpaired) electrons. The fourth-order valence-corrected chi connectivity index (χ4v) is 4.43. The van der Waals surface area contributed by atoms with Gasteiger partial charge < -0.3 is 14.4 Å². The number of methoxy groups -OCH3 is 1. The van der Waals surface area contributed by atoms with Crippen LogP contribution >= 0.6 is 0 Å². The number of rotatable bonds is 7. The van der Waals surface area contributed by atoms with Gasteiger partial charge in [-0.15, -0.1) is 0 Å². The minimum Gasteiger partial charge on any atom is -0.478 e. The summed E-state index contributed by atoms with van der Waals surface area (Å²) in [7, 11) is 13.6. The van der Waals surface area contributed by atoms with Crippen molar-refractivity contribution in [3.63, 3.8) is 0 Å². The topological polar surface area (TPSA) is 65.1 Å². The predicted molar refractivity (Wildman–Crippen MR) is 158 cm³/mol. The fourth-order valence-electron chi connectivity index (χ4n) is 4.43. The van der Waals surface area contributed by atoms with Gasteiger partial charge in [0.25, 0.3) is 5.90 Å². The Bertz CT molecular complexity index is 1290. The first-order chi connectivity index (χ1) is 18.6. The molecule has 2 aliphatic rings. The molecule has 0 N–H and O–H groups in total. The Hall–Kier alpha value is -4.13. The molecule has 0 bridgehead atoms. The average molecular weight is 498 g/mol. The summed E-state index contributed by atoms with van der Waals surface area (Å²) >= 11 is 0. The van der Waals surface area contributed by atoms with Gasteiger partial charge in [0.1, 0.15) is 5.84 Å². The summed E-state index contributed by atoms with van der Waals surface area (Å²) in [5, 5.41) is 0. The van der Waals surface area contributed by atoms with Crippen molar-refractivity contribution in [2.75, 3.05) is 33.3 Å². The van der Waals surface area contributed by atoms with E-state index in [1.165, 1.54) is 0 Å². The number of ether oxygens (including phenoxy) is 1. The number of hydrogen-bond donors (Lipinski definition) is 0. The van der Waals surface area contributed by atoms with E-state index in [-0.39, 0.29) is 0 Å². The van der Waals surface area contributed by atoms with Crippen molar-refractivity contribution >= 4 is 50.6 Å². The quantitative estimate of drug-likeness (QED) is 0.268. The zero-order valence-electron chi connectivity index (χ0n) is 21.7. The highest BCUT2D eigenvalue weighted by atomic mass is 16.5. The van der Waals surface area contributed by atoms with E-state index < -0.39 is 0 Å². The van der Waals surface area contributed by atoms with E-state index in [0.29, 0.717) is 24.8 Å². The molecule has 0 saturated carbocycles. The summed E-state index contributed by atoms with van der Waals surface area (Å²) in [5.41, 5.74) is 7.08. The molecule has 2 heterocycles. The van der Waals surface area contributed by atoms with Gasteiger partial charge >= 0.3 is 0 Å².